The van der Waals surface area contributed by atoms with E-state index >= 15 is 0 Å². The monoisotopic (exact) mass is 524 g/mol. The van der Waals surface area contributed by atoms with Crippen LogP contribution in [0.2, 0.25) is 5.02 Å². The average Bonchev–Trinajstić information content (AvgIpc) is 2.89. The predicted molar refractivity (Wildman–Crippen MR) is 152 cm³/mol. The Balaban J connectivity index is 1.61. The fraction of sp³-hybridized carbons (Fsp3) is 0.103. The molecule has 0 saturated carbocycles. The number of nitrogens with zero attached hydrogens (tertiary/aromatic N) is 3. The number of rotatable bonds is 6. The van der Waals surface area contributed by atoms with E-state index in [1.54, 1.807) is 10.6 Å². The summed E-state index contributed by atoms with van der Waals surface area (Å²) in [4.78, 5) is 22.2. The number of aryl methyl sites for hydroxylation is 2. The van der Waals surface area contributed by atoms with E-state index in [9.17, 15) is 9.90 Å². The second kappa shape index (κ2) is 9.99. The molecule has 2 heterocycles. The summed E-state index contributed by atoms with van der Waals surface area (Å²) in [6, 6.07) is 20.0. The van der Waals surface area contributed by atoms with E-state index in [0.717, 1.165) is 22.2 Å². The molecule has 0 amide bonds. The minimum absolute atomic E-state index is 0.0398. The van der Waals surface area contributed by atoms with E-state index in [-0.39, 0.29) is 40.0 Å². The summed E-state index contributed by atoms with van der Waals surface area (Å²) in [5.74, 6) is 0.363. The predicted octanol–water partition coefficient (Wildman–Crippen LogP) is 5.37. The molecule has 38 heavy (non-hydrogen) atoms. The van der Waals surface area contributed by atoms with Gasteiger partial charge in [-0.1, -0.05) is 48.0 Å². The van der Waals surface area contributed by atoms with Gasteiger partial charge in [0.1, 0.15) is 23.7 Å². The molecule has 0 aliphatic carbocycles. The highest BCUT2D eigenvalue weighted by atomic mass is 35.5. The number of nitrogens with one attached hydrogen (secondary N) is 2. The Labute approximate surface area is 223 Å². The van der Waals surface area contributed by atoms with Gasteiger partial charge in [0.05, 0.1) is 33.9 Å². The standard InChI is InChI=1S/C29H25ClN6O2/c1-16-6-3-4-9-22(16)36-20(12-18-8-5-7-17(2)24(18)29(36)38)14-33-28-25(27(32)34-15-35-28)26(31)19-10-11-23(37)21(30)13-19/h3-13,15,31,37H,14H2,1-2H3,(H3,32,33,34,35). The van der Waals surface area contributed by atoms with Crippen molar-refractivity contribution in [3.8, 4) is 11.4 Å². The van der Waals surface area contributed by atoms with Crippen molar-refractivity contribution in [3.05, 3.63) is 116 Å². The first-order valence-corrected chi connectivity index (χ1v) is 12.3. The molecular formula is C29H25ClN6O2. The first kappa shape index (κ1) is 25.0. The third-order valence-corrected chi connectivity index (χ3v) is 6.79. The lowest BCUT2D eigenvalue weighted by Gasteiger charge is -2.19. The first-order chi connectivity index (χ1) is 18.3. The van der Waals surface area contributed by atoms with Gasteiger partial charge in [-0.25, -0.2) is 9.97 Å². The number of aromatic nitrogens is 3. The van der Waals surface area contributed by atoms with E-state index in [1.807, 2.05) is 62.4 Å². The molecule has 5 N–H and O–H groups in total. The van der Waals surface area contributed by atoms with Crippen LogP contribution in [0.1, 0.15) is 27.9 Å². The quantitative estimate of drug-likeness (QED) is 0.221. The van der Waals surface area contributed by atoms with Gasteiger partial charge in [0.25, 0.3) is 5.56 Å². The number of phenolic OH excluding ortho intramolecular Hbond substituents is 1. The van der Waals surface area contributed by atoms with Crippen molar-refractivity contribution >= 4 is 39.7 Å². The molecular weight excluding hydrogens is 500 g/mol. The van der Waals surface area contributed by atoms with Crippen LogP contribution in [0.3, 0.4) is 0 Å². The zero-order valence-corrected chi connectivity index (χ0v) is 21.5. The summed E-state index contributed by atoms with van der Waals surface area (Å²) in [5, 5.41) is 23.4. The summed E-state index contributed by atoms with van der Waals surface area (Å²) in [5.41, 5.74) is 10.2. The lowest BCUT2D eigenvalue weighted by molar-refractivity contribution is 0.475. The number of aromatic hydroxyl groups is 1. The molecule has 0 spiro atoms. The minimum atomic E-state index is -0.111. The van der Waals surface area contributed by atoms with Gasteiger partial charge in [0.2, 0.25) is 0 Å². The largest absolute Gasteiger partial charge is 0.506 e. The van der Waals surface area contributed by atoms with Crippen LogP contribution in [0, 0.1) is 19.3 Å². The molecule has 0 atom stereocenters. The number of hydrogen-bond acceptors (Lipinski definition) is 7. The van der Waals surface area contributed by atoms with Crippen LogP contribution in [-0.4, -0.2) is 25.4 Å². The smallest absolute Gasteiger partial charge is 0.263 e. The van der Waals surface area contributed by atoms with Gasteiger partial charge in [-0.15, -0.1) is 0 Å². The van der Waals surface area contributed by atoms with E-state index in [4.69, 9.17) is 22.7 Å². The summed E-state index contributed by atoms with van der Waals surface area (Å²) >= 11 is 6.07. The zero-order chi connectivity index (χ0) is 27.0. The molecule has 9 heteroatoms. The summed E-state index contributed by atoms with van der Waals surface area (Å²) < 4.78 is 1.72. The lowest BCUT2D eigenvalue weighted by Crippen LogP contribution is -2.25. The lowest BCUT2D eigenvalue weighted by atomic mass is 10.0. The molecule has 0 unspecified atom stereocenters. The van der Waals surface area contributed by atoms with Crippen LogP contribution >= 0.6 is 11.6 Å². The summed E-state index contributed by atoms with van der Waals surface area (Å²) in [6.07, 6.45) is 1.32. The number of phenols is 1. The van der Waals surface area contributed by atoms with Crippen molar-refractivity contribution in [2.75, 3.05) is 11.1 Å². The molecule has 0 saturated heterocycles. The molecule has 190 valence electrons. The third-order valence-electron chi connectivity index (χ3n) is 6.49. The number of hydrogen-bond donors (Lipinski definition) is 4. The van der Waals surface area contributed by atoms with Crippen molar-refractivity contribution in [2.24, 2.45) is 0 Å². The van der Waals surface area contributed by atoms with Gasteiger partial charge >= 0.3 is 0 Å². The maximum absolute atomic E-state index is 13.8. The van der Waals surface area contributed by atoms with Crippen LogP contribution in [0.15, 0.2) is 77.9 Å². The highest BCUT2D eigenvalue weighted by molar-refractivity contribution is 6.32. The Bertz CT molecular complexity index is 1780. The van der Waals surface area contributed by atoms with Crippen LogP contribution in [0.5, 0.6) is 5.75 Å². The molecule has 8 nitrogen and oxygen atoms in total. The van der Waals surface area contributed by atoms with Gasteiger partial charge in [-0.3, -0.25) is 14.8 Å². The topological polar surface area (TPSA) is 130 Å². The average molecular weight is 525 g/mol. The number of nitrogens with two attached hydrogens (primary N) is 1. The number of anilines is 2. The molecule has 2 aromatic heterocycles. The van der Waals surface area contributed by atoms with E-state index < -0.39 is 0 Å². The SMILES string of the molecule is Cc1ccccc1-n1c(CNc2ncnc(N)c2C(=N)c2ccc(O)c(Cl)c2)cc2cccc(C)c2c1=O. The van der Waals surface area contributed by atoms with E-state index in [0.29, 0.717) is 22.5 Å². The van der Waals surface area contributed by atoms with E-state index in [2.05, 4.69) is 15.3 Å². The molecule has 0 radical (unpaired) electrons. The molecule has 5 rings (SSSR count). The second-order valence-corrected chi connectivity index (χ2v) is 9.39. The highest BCUT2D eigenvalue weighted by Gasteiger charge is 2.19. The van der Waals surface area contributed by atoms with Crippen LogP contribution in [-0.2, 0) is 6.54 Å². The normalized spacial score (nSPS) is 11.0. The molecule has 5 aromatic rings. The Morgan fingerprint density at radius 2 is 1.82 bits per heavy atom. The Kier molecular flexibility index (Phi) is 6.57. The molecule has 0 aliphatic heterocycles. The van der Waals surface area contributed by atoms with E-state index in [1.165, 1.54) is 18.5 Å². The number of benzene rings is 3. The van der Waals surface area contributed by atoms with Crippen LogP contribution < -0.4 is 16.6 Å². The second-order valence-electron chi connectivity index (χ2n) is 8.98. The number of nitrogen functional groups attached to an aromatic ring is 1. The Morgan fingerprint density at radius 1 is 1.05 bits per heavy atom. The molecule has 3 aromatic carbocycles. The third kappa shape index (κ3) is 4.46. The van der Waals surface area contributed by atoms with Crippen molar-refractivity contribution in [3.63, 3.8) is 0 Å². The van der Waals surface area contributed by atoms with Gasteiger partial charge < -0.3 is 16.2 Å². The number of pyridine rings is 1. The van der Waals surface area contributed by atoms with Gasteiger partial charge in [-0.05, 0) is 60.7 Å². The Morgan fingerprint density at radius 3 is 2.58 bits per heavy atom. The van der Waals surface area contributed by atoms with Gasteiger partial charge in [0, 0.05) is 11.3 Å². The van der Waals surface area contributed by atoms with Gasteiger partial charge in [0.15, 0.2) is 0 Å². The number of fused-ring (bicyclic) bond motifs is 1. The first-order valence-electron chi connectivity index (χ1n) is 11.9. The zero-order valence-electron chi connectivity index (χ0n) is 20.8. The van der Waals surface area contributed by atoms with Crippen molar-refractivity contribution in [1.82, 2.24) is 14.5 Å². The summed E-state index contributed by atoms with van der Waals surface area (Å²) in [7, 11) is 0. The highest BCUT2D eigenvalue weighted by Crippen LogP contribution is 2.28. The van der Waals surface area contributed by atoms with Crippen molar-refractivity contribution in [2.45, 2.75) is 20.4 Å². The van der Waals surface area contributed by atoms with Crippen molar-refractivity contribution in [1.29, 1.82) is 5.41 Å². The number of halogens is 1. The maximum Gasteiger partial charge on any atom is 0.263 e. The van der Waals surface area contributed by atoms with Crippen LogP contribution in [0.25, 0.3) is 16.5 Å². The fourth-order valence-electron chi connectivity index (χ4n) is 4.56. The minimum Gasteiger partial charge on any atom is -0.506 e. The fourth-order valence-corrected chi connectivity index (χ4v) is 4.74. The molecule has 0 fully saturated rings. The molecule has 0 bridgehead atoms. The van der Waals surface area contributed by atoms with Crippen molar-refractivity contribution < 1.29 is 5.11 Å². The summed E-state index contributed by atoms with van der Waals surface area (Å²) in [6.45, 7) is 4.12. The Hall–Kier alpha value is -4.69. The number of para-hydroxylation sites is 1. The maximum atomic E-state index is 13.8. The van der Waals surface area contributed by atoms with Crippen LogP contribution in [0.4, 0.5) is 11.6 Å². The van der Waals surface area contributed by atoms with Gasteiger partial charge in [-0.2, -0.15) is 0 Å². The molecule has 0 aliphatic rings.